The van der Waals surface area contributed by atoms with E-state index in [1.807, 2.05) is 47.8 Å². The zero-order valence-electron chi connectivity index (χ0n) is 23.7. The number of amides is 1. The van der Waals surface area contributed by atoms with Gasteiger partial charge in [0.15, 0.2) is 0 Å². The molecule has 3 N–H and O–H groups in total. The smallest absolute Gasteiger partial charge is 0.252 e. The number of halogens is 1. The van der Waals surface area contributed by atoms with Crippen LogP contribution in [0.15, 0.2) is 95.7 Å². The second-order valence-electron chi connectivity index (χ2n) is 8.33. The van der Waals surface area contributed by atoms with E-state index in [1.54, 1.807) is 46.9 Å². The third kappa shape index (κ3) is 16.3. The van der Waals surface area contributed by atoms with Crippen LogP contribution in [-0.2, 0) is 12.8 Å². The van der Waals surface area contributed by atoms with E-state index in [0.717, 1.165) is 19.4 Å². The number of hydrogen-bond acceptors (Lipinski definition) is 6. The first-order valence-electron chi connectivity index (χ1n) is 13.5. The zero-order valence-corrected chi connectivity index (χ0v) is 26.1. The number of carbonyl (C=O) groups excluding carboxylic acids is 2. The molecule has 4 aromatic rings. The average molecular weight is 600 g/mol. The van der Waals surface area contributed by atoms with Crippen LogP contribution in [0.1, 0.15) is 51.2 Å². The first-order chi connectivity index (χ1) is 19.4. The van der Waals surface area contributed by atoms with Gasteiger partial charge in [-0.05, 0) is 85.6 Å². The van der Waals surface area contributed by atoms with Crippen LogP contribution in [0.25, 0.3) is 0 Å². The van der Waals surface area contributed by atoms with Crippen LogP contribution in [0.2, 0.25) is 0 Å². The van der Waals surface area contributed by atoms with Gasteiger partial charge >= 0.3 is 0 Å². The molecule has 0 aliphatic rings. The molecule has 1 amide bonds. The van der Waals surface area contributed by atoms with Crippen molar-refractivity contribution in [2.45, 2.75) is 33.6 Å². The molecule has 0 fully saturated rings. The first kappa shape index (κ1) is 35.2. The molecule has 0 unspecified atom stereocenters. The van der Waals surface area contributed by atoms with Gasteiger partial charge in [-0.3, -0.25) is 9.59 Å². The van der Waals surface area contributed by atoms with Crippen molar-refractivity contribution in [1.29, 1.82) is 0 Å². The fourth-order valence-corrected chi connectivity index (χ4v) is 4.84. The van der Waals surface area contributed by atoms with Crippen LogP contribution in [0, 0.1) is 0 Å². The maximum atomic E-state index is 11.7. The van der Waals surface area contributed by atoms with Crippen molar-refractivity contribution < 1.29 is 9.59 Å². The first-order valence-corrected chi connectivity index (χ1v) is 15.6. The number of rotatable bonds is 10. The summed E-state index contributed by atoms with van der Waals surface area (Å²) in [6.07, 6.45) is 1.92. The summed E-state index contributed by atoms with van der Waals surface area (Å²) in [7, 11) is 0. The SMILES string of the molecule is CCN(CC)CC.NCCc1cccs1.O=C(Cl)c1ccccc1.O=C(NCCc1cccs1)c1ccccc1. The summed E-state index contributed by atoms with van der Waals surface area (Å²) < 4.78 is 0. The van der Waals surface area contributed by atoms with Gasteiger partial charge < -0.3 is 16.0 Å². The molecule has 0 atom stereocenters. The van der Waals surface area contributed by atoms with E-state index in [9.17, 15) is 9.59 Å². The number of nitrogens with zero attached hydrogens (tertiary/aromatic N) is 1. The lowest BCUT2D eigenvalue weighted by Crippen LogP contribution is -2.25. The van der Waals surface area contributed by atoms with Crippen molar-refractivity contribution in [3.05, 3.63) is 117 Å². The fraction of sp³-hybridized carbons (Fsp3) is 0.312. The molecular weight excluding hydrogens is 558 g/mol. The quantitative estimate of drug-likeness (QED) is 0.186. The molecule has 40 heavy (non-hydrogen) atoms. The summed E-state index contributed by atoms with van der Waals surface area (Å²) >= 11 is 8.65. The number of carbonyl (C=O) groups is 2. The van der Waals surface area contributed by atoms with E-state index in [1.165, 1.54) is 29.4 Å². The molecule has 2 aromatic heterocycles. The highest BCUT2D eigenvalue weighted by Gasteiger charge is 2.03. The summed E-state index contributed by atoms with van der Waals surface area (Å²) in [5.41, 5.74) is 6.58. The van der Waals surface area contributed by atoms with Crippen molar-refractivity contribution in [2.24, 2.45) is 5.73 Å². The third-order valence-electron chi connectivity index (χ3n) is 5.59. The van der Waals surface area contributed by atoms with Gasteiger partial charge in [0.05, 0.1) is 0 Å². The molecule has 0 spiro atoms. The topological polar surface area (TPSA) is 75.4 Å². The lowest BCUT2D eigenvalue weighted by atomic mass is 10.2. The lowest BCUT2D eigenvalue weighted by molar-refractivity contribution is 0.0953. The highest BCUT2D eigenvalue weighted by Crippen LogP contribution is 2.08. The van der Waals surface area contributed by atoms with Crippen LogP contribution in [0.3, 0.4) is 0 Å². The molecule has 0 aliphatic carbocycles. The summed E-state index contributed by atoms with van der Waals surface area (Å²) in [6.45, 7) is 11.6. The minimum absolute atomic E-state index is 0.00263. The van der Waals surface area contributed by atoms with E-state index >= 15 is 0 Å². The van der Waals surface area contributed by atoms with Crippen LogP contribution in [0.4, 0.5) is 0 Å². The third-order valence-corrected chi connectivity index (χ3v) is 7.68. The Hall–Kier alpha value is -2.81. The van der Waals surface area contributed by atoms with Crippen molar-refractivity contribution in [1.82, 2.24) is 10.2 Å². The monoisotopic (exact) mass is 599 g/mol. The minimum atomic E-state index is -0.407. The zero-order chi connectivity index (χ0) is 29.4. The molecule has 0 aliphatic heterocycles. The van der Waals surface area contributed by atoms with E-state index in [0.29, 0.717) is 17.7 Å². The van der Waals surface area contributed by atoms with Gasteiger partial charge in [-0.15, -0.1) is 22.7 Å². The second kappa shape index (κ2) is 22.9. The van der Waals surface area contributed by atoms with Gasteiger partial charge in [0.2, 0.25) is 0 Å². The van der Waals surface area contributed by atoms with Crippen LogP contribution in [-0.4, -0.2) is 48.8 Å². The van der Waals surface area contributed by atoms with Gasteiger partial charge in [-0.25, -0.2) is 0 Å². The van der Waals surface area contributed by atoms with Gasteiger partial charge in [-0.1, -0.05) is 81.4 Å². The number of nitrogens with one attached hydrogen (secondary N) is 1. The fourth-order valence-electron chi connectivity index (χ4n) is 3.28. The number of hydrogen-bond donors (Lipinski definition) is 2. The molecule has 4 rings (SSSR count). The summed E-state index contributed by atoms with van der Waals surface area (Å²) in [4.78, 5) is 27.1. The van der Waals surface area contributed by atoms with Gasteiger partial charge in [0, 0.05) is 27.4 Å². The molecule has 5 nitrogen and oxygen atoms in total. The Morgan fingerprint density at radius 1 is 0.725 bits per heavy atom. The molecule has 0 radical (unpaired) electrons. The lowest BCUT2D eigenvalue weighted by Gasteiger charge is -2.13. The maximum Gasteiger partial charge on any atom is 0.252 e. The second-order valence-corrected chi connectivity index (χ2v) is 10.7. The van der Waals surface area contributed by atoms with Crippen LogP contribution >= 0.6 is 34.3 Å². The molecule has 2 aromatic carbocycles. The predicted octanol–water partition coefficient (Wildman–Crippen LogP) is 7.38. The highest BCUT2D eigenvalue weighted by molar-refractivity contribution is 7.10. The van der Waals surface area contributed by atoms with Crippen molar-refractivity contribution in [2.75, 3.05) is 32.7 Å². The van der Waals surface area contributed by atoms with Crippen molar-refractivity contribution in [3.8, 4) is 0 Å². The standard InChI is InChI=1S/C13H13NOS.C7H5ClO.C6H9NS.C6H15N/c15-13(11-5-2-1-3-6-11)14-9-8-12-7-4-10-16-12;8-7(9)6-4-2-1-3-5-6;7-4-3-6-2-1-5-8-6;1-4-7(5-2)6-3/h1-7,10H,8-9H2,(H,14,15);1-5H;1-2,5H,3-4,7H2;4-6H2,1-3H3. The van der Waals surface area contributed by atoms with Gasteiger partial charge in [-0.2, -0.15) is 0 Å². The Labute approximate surface area is 253 Å². The van der Waals surface area contributed by atoms with E-state index in [2.05, 4.69) is 54.6 Å². The predicted molar refractivity (Wildman–Crippen MR) is 174 cm³/mol. The Kier molecular flexibility index (Phi) is 20.2. The maximum absolute atomic E-state index is 11.7. The molecule has 0 saturated carbocycles. The van der Waals surface area contributed by atoms with E-state index in [4.69, 9.17) is 17.3 Å². The molecule has 0 bridgehead atoms. The van der Waals surface area contributed by atoms with E-state index in [-0.39, 0.29) is 5.91 Å². The summed E-state index contributed by atoms with van der Waals surface area (Å²) in [5.74, 6) is -0.00263. The van der Waals surface area contributed by atoms with E-state index < -0.39 is 5.24 Å². The minimum Gasteiger partial charge on any atom is -0.352 e. The van der Waals surface area contributed by atoms with Gasteiger partial charge in [0.25, 0.3) is 11.1 Å². The molecular formula is C32H42ClN3O2S2. The highest BCUT2D eigenvalue weighted by atomic mass is 35.5. The Bertz CT molecular complexity index is 1130. The van der Waals surface area contributed by atoms with Crippen molar-refractivity contribution >= 4 is 45.4 Å². The number of nitrogens with two attached hydrogens (primary N) is 1. The Balaban J connectivity index is 0.000000286. The van der Waals surface area contributed by atoms with Crippen LogP contribution < -0.4 is 11.1 Å². The normalized spacial score (nSPS) is 9.75. The molecule has 2 heterocycles. The number of thiophene rings is 2. The van der Waals surface area contributed by atoms with Crippen molar-refractivity contribution in [3.63, 3.8) is 0 Å². The Morgan fingerprint density at radius 2 is 1.20 bits per heavy atom. The largest absolute Gasteiger partial charge is 0.352 e. The Morgan fingerprint density at radius 3 is 1.55 bits per heavy atom. The molecule has 0 saturated heterocycles. The molecule has 8 heteroatoms. The number of benzene rings is 2. The summed E-state index contributed by atoms with van der Waals surface area (Å²) in [6, 6.07) is 26.3. The van der Waals surface area contributed by atoms with Gasteiger partial charge in [0.1, 0.15) is 0 Å². The average Bonchev–Trinajstić information content (AvgIpc) is 3.71. The van der Waals surface area contributed by atoms with Crippen LogP contribution in [0.5, 0.6) is 0 Å². The summed E-state index contributed by atoms with van der Waals surface area (Å²) in [5, 5.41) is 6.62. The molecule has 216 valence electrons.